The standard InChI is InChI=1S/C16H17BrFN3O2/c1-2-10-4-3-5-14(20-16(22)21-19)12(10)9-23-15-7-6-11(17)8-13(15)18/h3-8H,2,9,19H2,1H3,(H2,20,21,22). The van der Waals surface area contributed by atoms with Crippen LogP contribution in [0.5, 0.6) is 5.75 Å². The molecule has 0 fully saturated rings. The minimum atomic E-state index is -0.533. The van der Waals surface area contributed by atoms with E-state index in [-0.39, 0.29) is 12.4 Å². The van der Waals surface area contributed by atoms with Crippen LogP contribution in [0.25, 0.3) is 0 Å². The van der Waals surface area contributed by atoms with E-state index in [2.05, 4.69) is 21.2 Å². The number of amides is 2. The fourth-order valence-corrected chi connectivity index (χ4v) is 2.49. The van der Waals surface area contributed by atoms with Crippen LogP contribution in [0.2, 0.25) is 0 Å². The summed E-state index contributed by atoms with van der Waals surface area (Å²) in [6, 6.07) is 9.55. The van der Waals surface area contributed by atoms with Gasteiger partial charge in [-0.05, 0) is 36.2 Å². The molecule has 0 aromatic heterocycles. The van der Waals surface area contributed by atoms with E-state index in [9.17, 15) is 9.18 Å². The van der Waals surface area contributed by atoms with Gasteiger partial charge in [-0.2, -0.15) is 0 Å². The van der Waals surface area contributed by atoms with Crippen LogP contribution < -0.4 is 21.3 Å². The van der Waals surface area contributed by atoms with Gasteiger partial charge in [0.15, 0.2) is 11.6 Å². The zero-order valence-electron chi connectivity index (χ0n) is 12.5. The first kappa shape index (κ1) is 17.2. The van der Waals surface area contributed by atoms with Crippen molar-refractivity contribution in [2.75, 3.05) is 5.32 Å². The number of nitrogens with two attached hydrogens (primary N) is 1. The molecule has 2 aromatic carbocycles. The Labute approximate surface area is 142 Å². The van der Waals surface area contributed by atoms with Gasteiger partial charge >= 0.3 is 6.03 Å². The lowest BCUT2D eigenvalue weighted by atomic mass is 10.0. The number of benzene rings is 2. The summed E-state index contributed by atoms with van der Waals surface area (Å²) in [5.74, 6) is 4.78. The zero-order valence-corrected chi connectivity index (χ0v) is 14.1. The van der Waals surface area contributed by atoms with E-state index >= 15 is 0 Å². The third kappa shape index (κ3) is 4.43. The number of hydrogen-bond acceptors (Lipinski definition) is 3. The van der Waals surface area contributed by atoms with Crippen molar-refractivity contribution in [2.45, 2.75) is 20.0 Å². The molecule has 0 bridgehead atoms. The minimum absolute atomic E-state index is 0.128. The fraction of sp³-hybridized carbons (Fsp3) is 0.188. The van der Waals surface area contributed by atoms with Gasteiger partial charge in [-0.25, -0.2) is 15.0 Å². The van der Waals surface area contributed by atoms with E-state index < -0.39 is 11.8 Å². The monoisotopic (exact) mass is 381 g/mol. The number of anilines is 1. The summed E-state index contributed by atoms with van der Waals surface area (Å²) >= 11 is 3.20. The molecule has 0 saturated carbocycles. The van der Waals surface area contributed by atoms with Crippen LogP contribution in [0.4, 0.5) is 14.9 Å². The van der Waals surface area contributed by atoms with Crippen LogP contribution in [0.1, 0.15) is 18.1 Å². The molecule has 0 aliphatic rings. The minimum Gasteiger partial charge on any atom is -0.486 e. The summed E-state index contributed by atoms with van der Waals surface area (Å²) in [5.41, 5.74) is 4.36. The molecule has 4 N–H and O–H groups in total. The van der Waals surface area contributed by atoms with Gasteiger partial charge in [0.05, 0.1) is 0 Å². The van der Waals surface area contributed by atoms with E-state index in [0.717, 1.165) is 17.5 Å². The summed E-state index contributed by atoms with van der Waals surface area (Å²) in [4.78, 5) is 11.4. The highest BCUT2D eigenvalue weighted by Crippen LogP contribution is 2.26. The van der Waals surface area contributed by atoms with Crippen molar-refractivity contribution in [2.24, 2.45) is 5.84 Å². The summed E-state index contributed by atoms with van der Waals surface area (Å²) in [5, 5.41) is 2.64. The number of carbonyl (C=O) groups is 1. The first-order valence-corrected chi connectivity index (χ1v) is 7.80. The average molecular weight is 382 g/mol. The van der Waals surface area contributed by atoms with Crippen LogP contribution in [0.3, 0.4) is 0 Å². The second-order valence-electron chi connectivity index (χ2n) is 4.76. The molecule has 0 heterocycles. The van der Waals surface area contributed by atoms with Crippen LogP contribution in [0.15, 0.2) is 40.9 Å². The Balaban J connectivity index is 2.24. The lowest BCUT2D eigenvalue weighted by Crippen LogP contribution is -2.34. The number of nitrogens with one attached hydrogen (secondary N) is 2. The Hall–Kier alpha value is -2.12. The molecule has 2 rings (SSSR count). The van der Waals surface area contributed by atoms with E-state index in [0.29, 0.717) is 10.2 Å². The van der Waals surface area contributed by atoms with Gasteiger partial charge in [0.25, 0.3) is 0 Å². The summed E-state index contributed by atoms with van der Waals surface area (Å²) in [7, 11) is 0. The van der Waals surface area contributed by atoms with Crippen molar-refractivity contribution in [3.05, 3.63) is 57.8 Å². The highest BCUT2D eigenvalue weighted by Gasteiger charge is 2.12. The molecule has 0 aliphatic heterocycles. The topological polar surface area (TPSA) is 76.4 Å². The Morgan fingerprint density at radius 3 is 2.78 bits per heavy atom. The molecule has 7 heteroatoms. The van der Waals surface area contributed by atoms with Gasteiger partial charge in [0, 0.05) is 15.7 Å². The molecule has 5 nitrogen and oxygen atoms in total. The summed E-state index contributed by atoms with van der Waals surface area (Å²) in [6.07, 6.45) is 0.751. The molecular formula is C16H17BrFN3O2. The normalized spacial score (nSPS) is 10.3. The number of rotatable bonds is 5. The van der Waals surface area contributed by atoms with Gasteiger partial charge in [-0.1, -0.05) is 35.0 Å². The second-order valence-corrected chi connectivity index (χ2v) is 5.67. The first-order chi connectivity index (χ1) is 11.0. The third-order valence-electron chi connectivity index (χ3n) is 3.30. The predicted molar refractivity (Wildman–Crippen MR) is 90.6 cm³/mol. The largest absolute Gasteiger partial charge is 0.486 e. The van der Waals surface area contributed by atoms with Crippen molar-refractivity contribution in [1.29, 1.82) is 0 Å². The molecular weight excluding hydrogens is 365 g/mol. The predicted octanol–water partition coefficient (Wildman–Crippen LogP) is 3.72. The Kier molecular flexibility index (Phi) is 5.95. The molecule has 23 heavy (non-hydrogen) atoms. The molecule has 0 aliphatic carbocycles. The zero-order chi connectivity index (χ0) is 16.8. The van der Waals surface area contributed by atoms with E-state index in [4.69, 9.17) is 10.6 Å². The number of aryl methyl sites for hydroxylation is 1. The van der Waals surface area contributed by atoms with Gasteiger partial charge < -0.3 is 10.1 Å². The maximum Gasteiger partial charge on any atom is 0.333 e. The number of hydrazine groups is 1. The maximum absolute atomic E-state index is 13.8. The van der Waals surface area contributed by atoms with Gasteiger partial charge in [0.2, 0.25) is 0 Å². The van der Waals surface area contributed by atoms with Crippen molar-refractivity contribution in [3.63, 3.8) is 0 Å². The molecule has 2 amide bonds. The quantitative estimate of drug-likeness (QED) is 0.419. The molecule has 0 atom stereocenters. The molecule has 0 unspecified atom stereocenters. The van der Waals surface area contributed by atoms with Crippen molar-refractivity contribution in [3.8, 4) is 5.75 Å². The lowest BCUT2D eigenvalue weighted by Gasteiger charge is -2.16. The van der Waals surface area contributed by atoms with Gasteiger partial charge in [-0.15, -0.1) is 0 Å². The van der Waals surface area contributed by atoms with Crippen molar-refractivity contribution in [1.82, 2.24) is 5.43 Å². The van der Waals surface area contributed by atoms with Crippen molar-refractivity contribution >= 4 is 27.6 Å². The average Bonchev–Trinajstić information content (AvgIpc) is 2.54. The molecule has 0 spiro atoms. The van der Waals surface area contributed by atoms with Crippen LogP contribution >= 0.6 is 15.9 Å². The Morgan fingerprint density at radius 1 is 1.35 bits per heavy atom. The summed E-state index contributed by atoms with van der Waals surface area (Å²) in [6.45, 7) is 2.12. The smallest absolute Gasteiger partial charge is 0.333 e. The van der Waals surface area contributed by atoms with Crippen LogP contribution in [-0.2, 0) is 13.0 Å². The van der Waals surface area contributed by atoms with Gasteiger partial charge in [0.1, 0.15) is 6.61 Å². The second kappa shape index (κ2) is 7.94. The third-order valence-corrected chi connectivity index (χ3v) is 3.79. The van der Waals surface area contributed by atoms with E-state index in [1.165, 1.54) is 6.07 Å². The first-order valence-electron chi connectivity index (χ1n) is 7.01. The molecule has 122 valence electrons. The Bertz CT molecular complexity index is 710. The number of urea groups is 1. The highest BCUT2D eigenvalue weighted by molar-refractivity contribution is 9.10. The molecule has 2 aromatic rings. The SMILES string of the molecule is CCc1cccc(NC(=O)NN)c1COc1ccc(Br)cc1F. The van der Waals surface area contributed by atoms with Crippen LogP contribution in [-0.4, -0.2) is 6.03 Å². The summed E-state index contributed by atoms with van der Waals surface area (Å²) < 4.78 is 20.1. The van der Waals surface area contributed by atoms with E-state index in [1.807, 2.05) is 24.5 Å². The number of carbonyl (C=O) groups excluding carboxylic acids is 1. The van der Waals surface area contributed by atoms with E-state index in [1.54, 1.807) is 18.2 Å². The lowest BCUT2D eigenvalue weighted by molar-refractivity contribution is 0.252. The number of ether oxygens (including phenoxy) is 1. The maximum atomic E-state index is 13.8. The van der Waals surface area contributed by atoms with Gasteiger partial charge in [-0.3, -0.25) is 5.43 Å². The van der Waals surface area contributed by atoms with Crippen molar-refractivity contribution < 1.29 is 13.9 Å². The number of hydrogen-bond donors (Lipinski definition) is 3. The molecule has 0 radical (unpaired) electrons. The van der Waals surface area contributed by atoms with Crippen LogP contribution in [0, 0.1) is 5.82 Å². The fourth-order valence-electron chi connectivity index (χ4n) is 2.15. The highest BCUT2D eigenvalue weighted by atomic mass is 79.9. The number of halogens is 2. The molecule has 0 saturated heterocycles. The Morgan fingerprint density at radius 2 is 2.13 bits per heavy atom.